The van der Waals surface area contributed by atoms with Crippen molar-refractivity contribution in [1.29, 1.82) is 0 Å². The van der Waals surface area contributed by atoms with Crippen molar-refractivity contribution in [2.24, 2.45) is 0 Å². The van der Waals surface area contributed by atoms with Crippen LogP contribution < -0.4 is 5.32 Å². The number of carbonyl (C=O) groups excluding carboxylic acids is 1. The van der Waals surface area contributed by atoms with Crippen molar-refractivity contribution >= 4 is 16.3 Å². The van der Waals surface area contributed by atoms with Crippen LogP contribution in [0.2, 0.25) is 0 Å². The average Bonchev–Trinajstić information content (AvgIpc) is 3.24. The summed E-state index contributed by atoms with van der Waals surface area (Å²) in [7, 11) is -5.13. The van der Waals surface area contributed by atoms with E-state index in [9.17, 15) is 43.3 Å². The van der Waals surface area contributed by atoms with E-state index >= 15 is 0 Å². The highest BCUT2D eigenvalue weighted by atomic mass is 32.3. The Morgan fingerprint density at radius 2 is 1.13 bits per heavy atom. The second-order valence-electron chi connectivity index (χ2n) is 16.8. The van der Waals surface area contributed by atoms with Gasteiger partial charge in [-0.1, -0.05) is 172 Å². The highest BCUT2D eigenvalue weighted by Crippen LogP contribution is 2.26. The second kappa shape index (κ2) is 38.3. The Balaban J connectivity index is 2.61. The van der Waals surface area contributed by atoms with Gasteiger partial charge in [-0.15, -0.1) is 0 Å². The van der Waals surface area contributed by atoms with E-state index in [0.717, 1.165) is 70.6 Å². The minimum absolute atomic E-state index is 0.223. The zero-order valence-corrected chi connectivity index (χ0v) is 39.1. The largest absolute Gasteiger partial charge is 0.397 e. The molecule has 14 heteroatoms. The number of hydrogen-bond acceptors (Lipinski definition) is 11. The lowest BCUT2D eigenvalue weighted by molar-refractivity contribution is -0.298. The number of amides is 1. The van der Waals surface area contributed by atoms with Crippen LogP contribution in [0, 0.1) is 0 Å². The summed E-state index contributed by atoms with van der Waals surface area (Å²) in [4.78, 5) is 13.1. The lowest BCUT2D eigenvalue weighted by atomic mass is 9.99. The van der Waals surface area contributed by atoms with E-state index in [1.807, 2.05) is 0 Å². The van der Waals surface area contributed by atoms with Crippen LogP contribution >= 0.6 is 0 Å². The molecule has 13 nitrogen and oxygen atoms in total. The van der Waals surface area contributed by atoms with Crippen LogP contribution in [-0.2, 0) is 28.9 Å². The molecule has 8 unspecified atom stereocenters. The van der Waals surface area contributed by atoms with Gasteiger partial charge in [-0.2, -0.15) is 8.42 Å². The van der Waals surface area contributed by atoms with E-state index < -0.39 is 78.5 Å². The highest BCUT2D eigenvalue weighted by molar-refractivity contribution is 7.80. The molecule has 7 N–H and O–H groups in total. The number of ether oxygens (including phenoxy) is 2. The summed E-state index contributed by atoms with van der Waals surface area (Å²) >= 11 is 0. The molecule has 362 valence electrons. The van der Waals surface area contributed by atoms with E-state index in [2.05, 4.69) is 59.8 Å². The van der Waals surface area contributed by atoms with Crippen molar-refractivity contribution < 1.29 is 57.0 Å². The standard InChI is InChI=1S/C48H87NO12S/c1-3-5-7-9-11-13-15-17-19-21-23-24-26-28-30-32-34-36-41(51)40(39-59-48-45(54)46(61-62(56,57)58)44(53)43(38-50)60-48)49-47(55)42(52)37-35-33-31-29-27-25-22-20-18-16-14-12-10-8-6-4-2/h12,14,18,20,26,28,34,36,40-46,48,50-54H,3-11,13,15-17,19,21-25,27,29-33,35,37-39H2,1-2H3,(H,49,55)(H,56,57,58)/b14-12-,20-18-,28-26+,36-34+. The molecule has 0 radical (unpaired) electrons. The van der Waals surface area contributed by atoms with Gasteiger partial charge < -0.3 is 40.3 Å². The predicted octanol–water partition coefficient (Wildman–Crippen LogP) is 8.63. The van der Waals surface area contributed by atoms with Crippen LogP contribution in [0.5, 0.6) is 0 Å². The fourth-order valence-corrected chi connectivity index (χ4v) is 7.84. The lowest BCUT2D eigenvalue weighted by Gasteiger charge is -2.41. The van der Waals surface area contributed by atoms with E-state index in [0.29, 0.717) is 12.8 Å². The first-order valence-corrected chi connectivity index (χ1v) is 25.5. The van der Waals surface area contributed by atoms with Gasteiger partial charge in [0.2, 0.25) is 5.91 Å². The van der Waals surface area contributed by atoms with Crippen LogP contribution in [0.15, 0.2) is 48.6 Å². The number of nitrogens with one attached hydrogen (secondary N) is 1. The van der Waals surface area contributed by atoms with Gasteiger partial charge in [-0.3, -0.25) is 9.35 Å². The zero-order valence-electron chi connectivity index (χ0n) is 38.3. The monoisotopic (exact) mass is 902 g/mol. The second-order valence-corrected chi connectivity index (χ2v) is 17.9. The van der Waals surface area contributed by atoms with Gasteiger partial charge in [0, 0.05) is 0 Å². The molecule has 0 aromatic heterocycles. The smallest absolute Gasteiger partial charge is 0.394 e. The first kappa shape index (κ1) is 58.0. The molecular weight excluding hydrogens is 815 g/mol. The van der Waals surface area contributed by atoms with E-state index in [4.69, 9.17) is 9.47 Å². The predicted molar refractivity (Wildman–Crippen MR) is 247 cm³/mol. The maximum atomic E-state index is 13.1. The molecule has 1 saturated heterocycles. The summed E-state index contributed by atoms with van der Waals surface area (Å²) in [6, 6.07) is -1.14. The van der Waals surface area contributed by atoms with E-state index in [1.54, 1.807) is 6.08 Å². The topological polar surface area (TPSA) is 212 Å². The summed E-state index contributed by atoms with van der Waals surface area (Å²) in [6.45, 7) is 3.17. The van der Waals surface area contributed by atoms with Crippen molar-refractivity contribution in [2.45, 2.75) is 236 Å². The molecule has 0 saturated carbocycles. The molecule has 0 aliphatic carbocycles. The summed E-state index contributed by atoms with van der Waals surface area (Å²) < 4.78 is 47.5. The van der Waals surface area contributed by atoms with Crippen molar-refractivity contribution in [2.75, 3.05) is 13.2 Å². The van der Waals surface area contributed by atoms with Crippen molar-refractivity contribution in [3.63, 3.8) is 0 Å². The molecule has 0 bridgehead atoms. The highest BCUT2D eigenvalue weighted by Gasteiger charge is 2.48. The minimum atomic E-state index is -5.13. The molecule has 1 heterocycles. The molecule has 0 spiro atoms. The van der Waals surface area contributed by atoms with Crippen LogP contribution in [0.1, 0.15) is 187 Å². The normalized spacial score (nSPS) is 21.5. The molecule has 1 aliphatic heterocycles. The molecule has 1 amide bonds. The van der Waals surface area contributed by atoms with E-state index in [-0.39, 0.29) is 6.42 Å². The summed E-state index contributed by atoms with van der Waals surface area (Å²) in [6.07, 6.45) is 34.7. The van der Waals surface area contributed by atoms with Gasteiger partial charge in [0.05, 0.1) is 25.4 Å². The Morgan fingerprint density at radius 1 is 0.661 bits per heavy atom. The molecule has 62 heavy (non-hydrogen) atoms. The Labute approximate surface area is 375 Å². The minimum Gasteiger partial charge on any atom is -0.394 e. The third-order valence-electron chi connectivity index (χ3n) is 11.2. The number of carbonyl (C=O) groups is 1. The van der Waals surface area contributed by atoms with Crippen LogP contribution in [0.4, 0.5) is 0 Å². The first-order valence-electron chi connectivity index (χ1n) is 24.1. The number of unbranched alkanes of at least 4 members (excludes halogenated alkanes) is 21. The Kier molecular flexibility index (Phi) is 35.9. The Bertz CT molecular complexity index is 1310. The summed E-state index contributed by atoms with van der Waals surface area (Å²) in [5.74, 6) is -0.722. The molecule has 0 aromatic rings. The van der Waals surface area contributed by atoms with Crippen LogP contribution in [0.3, 0.4) is 0 Å². The first-order chi connectivity index (χ1) is 29.9. The number of allylic oxidation sites excluding steroid dienone is 7. The quantitative estimate of drug-likeness (QED) is 0.0175. The number of aliphatic hydroxyl groups excluding tert-OH is 5. The fraction of sp³-hybridized carbons (Fsp3) is 0.812. The fourth-order valence-electron chi connectivity index (χ4n) is 7.33. The summed E-state index contributed by atoms with van der Waals surface area (Å²) in [5.41, 5.74) is 0. The van der Waals surface area contributed by atoms with Crippen molar-refractivity contribution in [3.05, 3.63) is 48.6 Å². The molecule has 1 rings (SSSR count). The van der Waals surface area contributed by atoms with Gasteiger partial charge >= 0.3 is 10.4 Å². The third kappa shape index (κ3) is 30.2. The van der Waals surface area contributed by atoms with E-state index in [1.165, 1.54) is 89.5 Å². The average molecular weight is 902 g/mol. The maximum Gasteiger partial charge on any atom is 0.397 e. The number of rotatable bonds is 40. The summed E-state index contributed by atoms with van der Waals surface area (Å²) in [5, 5.41) is 55.2. The molecule has 0 aromatic carbocycles. The number of aliphatic hydroxyl groups is 5. The van der Waals surface area contributed by atoms with Gasteiger partial charge in [0.15, 0.2) is 6.29 Å². The Hall–Kier alpha value is -1.98. The van der Waals surface area contributed by atoms with Crippen LogP contribution in [0.25, 0.3) is 0 Å². The maximum absolute atomic E-state index is 13.1. The van der Waals surface area contributed by atoms with Gasteiger partial charge in [-0.25, -0.2) is 4.18 Å². The van der Waals surface area contributed by atoms with Crippen molar-refractivity contribution in [3.8, 4) is 0 Å². The van der Waals surface area contributed by atoms with Gasteiger partial charge in [0.1, 0.15) is 30.5 Å². The SMILES string of the molecule is CCCCC/C=C\C/C=C\CCCCCCCCC(O)C(=O)NC(COC1OC(CO)C(O)C(OS(=O)(=O)O)C1O)C(O)/C=C/CC/C=C/CCCCCCCCCCCCC. The Morgan fingerprint density at radius 3 is 1.68 bits per heavy atom. The van der Waals surface area contributed by atoms with Crippen molar-refractivity contribution in [1.82, 2.24) is 5.32 Å². The third-order valence-corrected chi connectivity index (χ3v) is 11.7. The zero-order chi connectivity index (χ0) is 45.7. The van der Waals surface area contributed by atoms with Gasteiger partial charge in [0.25, 0.3) is 0 Å². The van der Waals surface area contributed by atoms with Crippen LogP contribution in [-0.4, -0.2) is 107 Å². The molecule has 8 atom stereocenters. The lowest BCUT2D eigenvalue weighted by Crippen LogP contribution is -2.61. The number of hydrogen-bond donors (Lipinski definition) is 7. The van der Waals surface area contributed by atoms with Gasteiger partial charge in [-0.05, 0) is 64.2 Å². The molecule has 1 aliphatic rings. The molecule has 1 fully saturated rings. The molecular formula is C48H87NO12S.